The lowest BCUT2D eigenvalue weighted by Gasteiger charge is -2.65. The number of aliphatic imine (C=N–C) groups is 1. The average Bonchev–Trinajstić information content (AvgIpc) is 4.18. The zero-order chi connectivity index (χ0) is 53.1. The minimum absolute atomic E-state index is 0.0533. The van der Waals surface area contributed by atoms with Gasteiger partial charge in [0, 0.05) is 77.0 Å². The number of nitrogens with zero attached hydrogens (tertiary/aromatic N) is 3. The highest BCUT2D eigenvalue weighted by Gasteiger charge is 2.76. The fourth-order valence-corrected chi connectivity index (χ4v) is 26.5. The van der Waals surface area contributed by atoms with Crippen LogP contribution >= 0.6 is 21.6 Å². The Morgan fingerprint density at radius 3 is 2.51 bits per heavy atom. The van der Waals surface area contributed by atoms with Gasteiger partial charge in [-0.05, 0) is 186 Å². The van der Waals surface area contributed by atoms with Crippen molar-refractivity contribution in [1.82, 2.24) is 20.2 Å². The van der Waals surface area contributed by atoms with E-state index in [-0.39, 0.29) is 69.9 Å². The van der Waals surface area contributed by atoms with E-state index >= 15 is 9.90 Å². The highest BCUT2D eigenvalue weighted by atomic mass is 33.1. The van der Waals surface area contributed by atoms with Crippen molar-refractivity contribution in [1.29, 1.82) is 0 Å². The van der Waals surface area contributed by atoms with Crippen LogP contribution in [0.1, 0.15) is 163 Å². The Balaban J connectivity index is 1.02. The Morgan fingerprint density at radius 1 is 0.961 bits per heavy atom. The third kappa shape index (κ3) is 7.59. The summed E-state index contributed by atoms with van der Waals surface area (Å²) in [5.74, 6) is 1.30. The Bertz CT molecular complexity index is 2580. The second-order valence-corrected chi connectivity index (χ2v) is 31.7. The number of aromatic nitrogens is 2. The maximum atomic E-state index is 15.5. The molecule has 418 valence electrons. The molecule has 11 aliphatic carbocycles. The van der Waals surface area contributed by atoms with Gasteiger partial charge in [-0.25, -0.2) is 4.98 Å². The third-order valence-corrected chi connectivity index (χ3v) is 28.3. The van der Waals surface area contributed by atoms with Gasteiger partial charge in [-0.15, -0.1) is 0 Å². The number of carbonyl (C=O) groups is 1. The monoisotopic (exact) mass is 1080 g/mol. The van der Waals surface area contributed by atoms with Gasteiger partial charge in [0.1, 0.15) is 6.23 Å². The van der Waals surface area contributed by atoms with Crippen molar-refractivity contribution in [2.45, 2.75) is 198 Å². The molecule has 1 aliphatic heterocycles. The lowest BCUT2D eigenvalue weighted by atomic mass is 9.40. The quantitative estimate of drug-likeness (QED) is 0.0444. The van der Waals surface area contributed by atoms with E-state index in [1.54, 1.807) is 29.2 Å². The summed E-state index contributed by atoms with van der Waals surface area (Å²) >= 11 is 0. The van der Waals surface area contributed by atoms with Crippen molar-refractivity contribution in [2.75, 3.05) is 25.9 Å². The molecule has 2 spiro atoms. The number of aliphatic hydroxyl groups is 5. The zero-order valence-corrected chi connectivity index (χ0v) is 48.2. The molecule has 8 saturated carbocycles. The van der Waals surface area contributed by atoms with Crippen LogP contribution in [0.5, 0.6) is 0 Å². The Morgan fingerprint density at radius 2 is 1.76 bits per heavy atom. The van der Waals surface area contributed by atoms with Gasteiger partial charge in [0.15, 0.2) is 11.7 Å². The molecule has 76 heavy (non-hydrogen) atoms. The molecular formula is C62H92N6O6S2. The van der Waals surface area contributed by atoms with Crippen LogP contribution in [0, 0.1) is 92.7 Å². The van der Waals surface area contributed by atoms with Gasteiger partial charge in [-0.2, -0.15) is 0 Å². The lowest BCUT2D eigenvalue weighted by molar-refractivity contribution is -0.185. The number of allylic oxidation sites excluding steroid dienone is 3. The number of ketones is 1. The fraction of sp³-hybridized carbons (Fsp3) is 0.823. The SMILES string of the molecule is CNC[C@H]1[C@@H](O)[C@@H](O)C[C@]2(C)[C@@H]3C(=CC(=O)[C@H]12)[C@]1(O)[C@@H]2C[C@H]([C@@H]4C[C@H]5CCCC6=C5[C@H](C(=C5C[C@@H]7CC[C@@H]8CCC[C@]8(C7)[C@H]65)C(C)(C)C[C@H](n5ccnc5)CSSC25CCCC5)[C@H]4O)[C@@]1(C)C[C@@H]3CN=C(N)N[C@@H](C)O. The van der Waals surface area contributed by atoms with Crippen molar-refractivity contribution >= 4 is 33.3 Å². The molecule has 1 aromatic rings. The van der Waals surface area contributed by atoms with E-state index in [0.29, 0.717) is 42.7 Å². The van der Waals surface area contributed by atoms with Gasteiger partial charge < -0.3 is 46.5 Å². The number of nitrogens with two attached hydrogens (primary N) is 1. The maximum Gasteiger partial charge on any atom is 0.190 e. The summed E-state index contributed by atoms with van der Waals surface area (Å²) in [6.07, 6.45) is 24.8. The highest BCUT2D eigenvalue weighted by Crippen LogP contribution is 2.78. The summed E-state index contributed by atoms with van der Waals surface area (Å²) in [4.78, 5) is 25.2. The van der Waals surface area contributed by atoms with Gasteiger partial charge in [-0.1, -0.05) is 90.8 Å². The topological polar surface area (TPSA) is 198 Å². The summed E-state index contributed by atoms with van der Waals surface area (Å²) in [5, 5.41) is 69.9. The van der Waals surface area contributed by atoms with Crippen LogP contribution in [0.15, 0.2) is 57.7 Å². The van der Waals surface area contributed by atoms with E-state index in [1.807, 2.05) is 47.2 Å². The average molecular weight is 1080 g/mol. The smallest absolute Gasteiger partial charge is 0.190 e. The summed E-state index contributed by atoms with van der Waals surface area (Å²) in [6.45, 7) is 12.0. The molecule has 14 heteroatoms. The van der Waals surface area contributed by atoms with Gasteiger partial charge in [0.25, 0.3) is 0 Å². The first kappa shape index (κ1) is 53.2. The maximum absolute atomic E-state index is 15.5. The van der Waals surface area contributed by atoms with E-state index in [2.05, 4.69) is 54.1 Å². The minimum atomic E-state index is -1.42. The normalized spacial score (nSPS) is 48.5. The number of aliphatic hydroxyl groups excluding tert-OH is 4. The van der Waals surface area contributed by atoms with E-state index in [4.69, 9.17) is 10.7 Å². The van der Waals surface area contributed by atoms with Crippen LogP contribution in [0.2, 0.25) is 0 Å². The lowest BCUT2D eigenvalue weighted by Crippen LogP contribution is -2.68. The molecule has 9 N–H and O–H groups in total. The number of hydrogen-bond donors (Lipinski definition) is 8. The van der Waals surface area contributed by atoms with Crippen molar-refractivity contribution in [3.05, 3.63) is 52.7 Å². The van der Waals surface area contributed by atoms with Crippen LogP contribution in [-0.4, -0.2) is 108 Å². The molecule has 13 rings (SSSR count). The first-order chi connectivity index (χ1) is 36.3. The van der Waals surface area contributed by atoms with Crippen molar-refractivity contribution in [3.8, 4) is 0 Å². The van der Waals surface area contributed by atoms with Crippen molar-refractivity contribution in [2.24, 2.45) is 103 Å². The molecule has 1 saturated heterocycles. The molecule has 0 radical (unpaired) electrons. The molecule has 12 nitrogen and oxygen atoms in total. The van der Waals surface area contributed by atoms with Crippen molar-refractivity contribution < 1.29 is 30.3 Å². The molecule has 1 aromatic heterocycles. The largest absolute Gasteiger partial charge is 0.392 e. The Labute approximate surface area is 461 Å². The predicted molar refractivity (Wildman–Crippen MR) is 301 cm³/mol. The van der Waals surface area contributed by atoms with Crippen LogP contribution in [0.4, 0.5) is 0 Å². The predicted octanol–water partition coefficient (Wildman–Crippen LogP) is 8.90. The summed E-state index contributed by atoms with van der Waals surface area (Å²) in [6, 6.07) is 0.174. The van der Waals surface area contributed by atoms with E-state index in [0.717, 1.165) is 75.0 Å². The molecule has 9 fully saturated rings. The van der Waals surface area contributed by atoms with Crippen LogP contribution < -0.4 is 16.4 Å². The molecule has 6 bridgehead atoms. The number of hydrogen-bond acceptors (Lipinski definition) is 11. The van der Waals surface area contributed by atoms with Gasteiger partial charge in [-0.3, -0.25) is 9.79 Å². The molecule has 2 heterocycles. The highest BCUT2D eigenvalue weighted by molar-refractivity contribution is 8.77. The third-order valence-electron chi connectivity index (χ3n) is 24.9. The number of guanidine groups is 1. The molecule has 21 atom stereocenters. The standard InChI is InChI=1S/C62H92N6O6S2/c1-33(69)67-56(63)66-29-36-26-59(5)43-24-47(62(59,74)44-23-45(70)52-42(30-64-6)54(72)46(71)28-58(52,4)50(36)44)61(17-7-8-18-61)76-75-31-38(68-20-19-65-32-68)27-57(2,3)53-41-21-34-14-15-37-12-10-16-60(37,25-34)51(41)39-13-9-11-35-22-40(43)55(73)49(53)48(35)39/h19-20,23,32-38,40,42-43,46-47,49-52,54-55,64,69,71-74H,7-18,21-22,24-31H2,1-6H3,(H3,63,66,67)/t33-,34+,35-,36-,37+,38+,40+,42-,43-,46+,47-,49-,50+,51-,52+,54-,55+,58-,59-,60-,62+/m1/s1. The second kappa shape index (κ2) is 18.9. The van der Waals surface area contributed by atoms with E-state index < -0.39 is 52.8 Å². The summed E-state index contributed by atoms with van der Waals surface area (Å²) in [7, 11) is 5.88. The first-order valence-electron chi connectivity index (χ1n) is 30.5. The number of carbonyl (C=O) groups excluding carboxylic acids is 1. The van der Waals surface area contributed by atoms with E-state index in [9.17, 15) is 20.4 Å². The minimum Gasteiger partial charge on any atom is -0.392 e. The van der Waals surface area contributed by atoms with Crippen LogP contribution in [0.25, 0.3) is 0 Å². The number of rotatable bonds is 6. The number of fused-ring (bicyclic) bond motifs is 15. The Kier molecular flexibility index (Phi) is 13.3. The van der Waals surface area contributed by atoms with Gasteiger partial charge in [0.05, 0.1) is 30.2 Å². The van der Waals surface area contributed by atoms with Crippen LogP contribution in [0.3, 0.4) is 0 Å². The number of nitrogens with one attached hydrogen (secondary N) is 2. The second-order valence-electron chi connectivity index (χ2n) is 28.9. The van der Waals surface area contributed by atoms with Crippen LogP contribution in [-0.2, 0) is 4.79 Å². The number of imidazole rings is 1. The Hall–Kier alpha value is -2.17. The van der Waals surface area contributed by atoms with Crippen molar-refractivity contribution in [3.63, 3.8) is 0 Å². The van der Waals surface area contributed by atoms with Gasteiger partial charge >= 0.3 is 0 Å². The molecule has 0 amide bonds. The zero-order valence-electron chi connectivity index (χ0n) is 46.6. The van der Waals surface area contributed by atoms with E-state index in [1.165, 1.54) is 51.4 Å². The summed E-state index contributed by atoms with van der Waals surface area (Å²) in [5.41, 5.74) is 11.2. The molecule has 0 unspecified atom stereocenters. The fourth-order valence-electron chi connectivity index (χ4n) is 22.7. The van der Waals surface area contributed by atoms with Gasteiger partial charge in [0.2, 0.25) is 0 Å². The summed E-state index contributed by atoms with van der Waals surface area (Å²) < 4.78 is 2.09. The molecule has 0 aromatic carbocycles. The molecule has 12 aliphatic rings. The molecular weight excluding hydrogens is 989 g/mol. The first-order valence-corrected chi connectivity index (χ1v) is 32.8.